The Morgan fingerprint density at radius 2 is 1.83 bits per heavy atom. The third kappa shape index (κ3) is 0.783. The summed E-state index contributed by atoms with van der Waals surface area (Å²) < 4.78 is 0. The maximum absolute atomic E-state index is 6.07. The molecule has 0 aromatic carbocycles. The van der Waals surface area contributed by atoms with Crippen LogP contribution in [0.15, 0.2) is 0 Å². The fourth-order valence-electron chi connectivity index (χ4n) is 4.61. The van der Waals surface area contributed by atoms with E-state index in [1.807, 2.05) is 0 Å². The zero-order valence-corrected chi connectivity index (χ0v) is 7.87. The van der Waals surface area contributed by atoms with Crippen LogP contribution in [0.2, 0.25) is 0 Å². The van der Waals surface area contributed by atoms with E-state index in [-0.39, 0.29) is 0 Å². The van der Waals surface area contributed by atoms with E-state index in [1.54, 1.807) is 6.42 Å². The van der Waals surface area contributed by atoms with Crippen LogP contribution in [0, 0.1) is 29.6 Å². The van der Waals surface area contributed by atoms with Gasteiger partial charge in [-0.05, 0) is 62.2 Å². The third-order valence-electron chi connectivity index (χ3n) is 4.73. The first-order valence-corrected chi connectivity index (χ1v) is 5.51. The number of hydrogen-bond acceptors (Lipinski definition) is 1. The summed E-state index contributed by atoms with van der Waals surface area (Å²) in [4.78, 5) is 0. The second-order valence-corrected chi connectivity index (χ2v) is 5.43. The van der Waals surface area contributed by atoms with Crippen molar-refractivity contribution in [3.05, 3.63) is 0 Å². The standard InChI is InChI=1S/C11H19N/c1-6(12)11-9-3-7-2-8(5-9)10(11)4-7/h6-11H,2-5,12H2,1H3/t6?,7?,8-,9?,10?,11?/m1/s1. The molecule has 0 radical (unpaired) electrons. The van der Waals surface area contributed by atoms with E-state index >= 15 is 0 Å². The summed E-state index contributed by atoms with van der Waals surface area (Å²) in [5, 5.41) is 0. The molecule has 12 heavy (non-hydrogen) atoms. The van der Waals surface area contributed by atoms with Crippen molar-refractivity contribution in [1.29, 1.82) is 0 Å². The Balaban J connectivity index is 1.90. The summed E-state index contributed by atoms with van der Waals surface area (Å²) in [6, 6.07) is 0.462. The van der Waals surface area contributed by atoms with Gasteiger partial charge in [0.2, 0.25) is 0 Å². The highest BCUT2D eigenvalue weighted by molar-refractivity contribution is 5.04. The number of nitrogens with two attached hydrogens (primary N) is 1. The van der Waals surface area contributed by atoms with Crippen LogP contribution in [0.4, 0.5) is 0 Å². The van der Waals surface area contributed by atoms with Crippen molar-refractivity contribution in [2.75, 3.05) is 0 Å². The second kappa shape index (κ2) is 2.25. The first kappa shape index (κ1) is 7.37. The lowest BCUT2D eigenvalue weighted by Gasteiger charge is -2.34. The highest BCUT2D eigenvalue weighted by Gasteiger charge is 2.54. The van der Waals surface area contributed by atoms with E-state index in [0.29, 0.717) is 6.04 Å². The van der Waals surface area contributed by atoms with Crippen molar-refractivity contribution in [2.45, 2.75) is 38.6 Å². The van der Waals surface area contributed by atoms with Crippen LogP contribution in [0.5, 0.6) is 0 Å². The summed E-state index contributed by atoms with van der Waals surface area (Å²) in [6.45, 7) is 2.22. The zero-order chi connectivity index (χ0) is 8.29. The third-order valence-corrected chi connectivity index (χ3v) is 4.73. The normalized spacial score (nSPS) is 58.0. The molecule has 0 heterocycles. The number of rotatable bonds is 1. The van der Waals surface area contributed by atoms with Crippen molar-refractivity contribution in [3.8, 4) is 0 Å². The molecule has 4 aliphatic carbocycles. The van der Waals surface area contributed by atoms with Crippen molar-refractivity contribution in [2.24, 2.45) is 35.3 Å². The molecule has 4 aliphatic rings. The zero-order valence-electron chi connectivity index (χ0n) is 7.87. The molecule has 0 aromatic heterocycles. The van der Waals surface area contributed by atoms with Crippen molar-refractivity contribution >= 4 is 0 Å². The van der Waals surface area contributed by atoms with E-state index in [0.717, 1.165) is 29.6 Å². The molecule has 6 atom stereocenters. The second-order valence-electron chi connectivity index (χ2n) is 5.43. The lowest BCUT2D eigenvalue weighted by Crippen LogP contribution is -2.36. The highest BCUT2D eigenvalue weighted by atomic mass is 14.7. The van der Waals surface area contributed by atoms with Gasteiger partial charge >= 0.3 is 0 Å². The van der Waals surface area contributed by atoms with Gasteiger partial charge in [0.25, 0.3) is 0 Å². The molecule has 5 unspecified atom stereocenters. The van der Waals surface area contributed by atoms with Crippen molar-refractivity contribution < 1.29 is 0 Å². The molecule has 68 valence electrons. The summed E-state index contributed by atoms with van der Waals surface area (Å²) in [5.41, 5.74) is 6.07. The minimum atomic E-state index is 0.462. The summed E-state index contributed by atoms with van der Waals surface area (Å²) in [5.74, 6) is 5.15. The Bertz CT molecular complexity index is 195. The average Bonchev–Trinajstić information content (AvgIpc) is 2.38. The molecule has 4 rings (SSSR count). The van der Waals surface area contributed by atoms with Gasteiger partial charge in [-0.15, -0.1) is 0 Å². The predicted octanol–water partition coefficient (Wildman–Crippen LogP) is 2.02. The van der Waals surface area contributed by atoms with Gasteiger partial charge in [0.1, 0.15) is 0 Å². The van der Waals surface area contributed by atoms with Crippen LogP contribution in [-0.2, 0) is 0 Å². The minimum absolute atomic E-state index is 0.462. The monoisotopic (exact) mass is 165 g/mol. The smallest absolute Gasteiger partial charge is 0.00441 e. The molecular weight excluding hydrogens is 146 g/mol. The SMILES string of the molecule is CC(N)C1C2CC3CC1[C@H](C3)C2. The minimum Gasteiger partial charge on any atom is -0.328 e. The fraction of sp³-hybridized carbons (Fsp3) is 1.00. The van der Waals surface area contributed by atoms with Gasteiger partial charge in [0, 0.05) is 6.04 Å². The van der Waals surface area contributed by atoms with Crippen molar-refractivity contribution in [3.63, 3.8) is 0 Å². The van der Waals surface area contributed by atoms with Crippen LogP contribution >= 0.6 is 0 Å². The van der Waals surface area contributed by atoms with Gasteiger partial charge in [-0.25, -0.2) is 0 Å². The molecule has 0 saturated heterocycles. The molecule has 0 aromatic rings. The summed E-state index contributed by atoms with van der Waals surface area (Å²) >= 11 is 0. The summed E-state index contributed by atoms with van der Waals surface area (Å²) in [6.07, 6.45) is 6.10. The van der Waals surface area contributed by atoms with E-state index in [9.17, 15) is 0 Å². The molecule has 1 heteroatoms. The van der Waals surface area contributed by atoms with Gasteiger partial charge in [-0.3, -0.25) is 0 Å². The quantitative estimate of drug-likeness (QED) is 0.632. The van der Waals surface area contributed by atoms with E-state index in [4.69, 9.17) is 5.73 Å². The Morgan fingerprint density at radius 1 is 1.08 bits per heavy atom. The van der Waals surface area contributed by atoms with Gasteiger partial charge in [-0.2, -0.15) is 0 Å². The molecular formula is C11H19N. The van der Waals surface area contributed by atoms with E-state index in [2.05, 4.69) is 6.92 Å². The lowest BCUT2D eigenvalue weighted by molar-refractivity contribution is 0.174. The molecule has 0 amide bonds. The molecule has 4 fully saturated rings. The van der Waals surface area contributed by atoms with Crippen LogP contribution in [0.3, 0.4) is 0 Å². The Kier molecular flexibility index (Phi) is 1.39. The maximum Gasteiger partial charge on any atom is 0.00441 e. The molecule has 0 aliphatic heterocycles. The van der Waals surface area contributed by atoms with Crippen LogP contribution in [0.25, 0.3) is 0 Å². The van der Waals surface area contributed by atoms with E-state index < -0.39 is 0 Å². The van der Waals surface area contributed by atoms with Crippen LogP contribution in [-0.4, -0.2) is 6.04 Å². The van der Waals surface area contributed by atoms with Gasteiger partial charge < -0.3 is 5.73 Å². The number of hydrogen-bond donors (Lipinski definition) is 1. The van der Waals surface area contributed by atoms with Crippen LogP contribution < -0.4 is 5.73 Å². The molecule has 1 nitrogen and oxygen atoms in total. The lowest BCUT2D eigenvalue weighted by atomic mass is 9.73. The molecule has 0 spiro atoms. The van der Waals surface area contributed by atoms with Gasteiger partial charge in [0.05, 0.1) is 0 Å². The molecule has 2 N–H and O–H groups in total. The molecule has 4 saturated carbocycles. The fourth-order valence-corrected chi connectivity index (χ4v) is 4.61. The predicted molar refractivity (Wildman–Crippen MR) is 49.6 cm³/mol. The first-order chi connectivity index (χ1) is 5.75. The molecule has 4 bridgehead atoms. The van der Waals surface area contributed by atoms with E-state index in [1.165, 1.54) is 19.3 Å². The Labute approximate surface area is 74.7 Å². The first-order valence-electron chi connectivity index (χ1n) is 5.51. The topological polar surface area (TPSA) is 26.0 Å². The van der Waals surface area contributed by atoms with Crippen LogP contribution in [0.1, 0.15) is 32.6 Å². The van der Waals surface area contributed by atoms with Crippen molar-refractivity contribution in [1.82, 2.24) is 0 Å². The van der Waals surface area contributed by atoms with Gasteiger partial charge in [-0.1, -0.05) is 0 Å². The largest absolute Gasteiger partial charge is 0.328 e. The Hall–Kier alpha value is -0.0400. The van der Waals surface area contributed by atoms with Gasteiger partial charge in [0.15, 0.2) is 0 Å². The Morgan fingerprint density at radius 3 is 2.50 bits per heavy atom. The highest BCUT2D eigenvalue weighted by Crippen LogP contribution is 2.61. The maximum atomic E-state index is 6.07. The summed E-state index contributed by atoms with van der Waals surface area (Å²) in [7, 11) is 0. The average molecular weight is 165 g/mol.